The summed E-state index contributed by atoms with van der Waals surface area (Å²) in [6, 6.07) is 8.05. The van der Waals surface area contributed by atoms with Gasteiger partial charge in [-0.25, -0.2) is 0 Å². The summed E-state index contributed by atoms with van der Waals surface area (Å²) in [7, 11) is 0. The quantitative estimate of drug-likeness (QED) is 0.723. The van der Waals surface area contributed by atoms with E-state index in [-0.39, 0.29) is 36.8 Å². The van der Waals surface area contributed by atoms with Crippen LogP contribution in [0, 0.1) is 0 Å². The van der Waals surface area contributed by atoms with Crippen molar-refractivity contribution in [3.05, 3.63) is 29.8 Å². The van der Waals surface area contributed by atoms with Crippen LogP contribution < -0.4 is 4.74 Å². The van der Waals surface area contributed by atoms with Crippen LogP contribution >= 0.6 is 24.8 Å². The smallest absolute Gasteiger partial charge is 0.123 e. The van der Waals surface area contributed by atoms with Gasteiger partial charge in [0.1, 0.15) is 18.5 Å². The highest BCUT2D eigenvalue weighted by molar-refractivity contribution is 5.85. The average Bonchev–Trinajstić information content (AvgIpc) is 2.54. The van der Waals surface area contributed by atoms with E-state index in [2.05, 4.69) is 36.6 Å². The molecule has 0 spiro atoms. The van der Waals surface area contributed by atoms with Crippen LogP contribution in [0.3, 0.4) is 0 Å². The zero-order valence-corrected chi connectivity index (χ0v) is 17.7. The number of aliphatic hydroxyl groups excluding tert-OH is 2. The Bertz CT molecular complexity index is 504. The summed E-state index contributed by atoms with van der Waals surface area (Å²) in [6.07, 6.45) is -0.498. The van der Waals surface area contributed by atoms with Gasteiger partial charge in [0, 0.05) is 39.3 Å². The fourth-order valence-electron chi connectivity index (χ4n) is 3.09. The highest BCUT2D eigenvalue weighted by Crippen LogP contribution is 2.30. The van der Waals surface area contributed by atoms with E-state index in [1.165, 1.54) is 0 Å². The van der Waals surface area contributed by atoms with E-state index in [9.17, 15) is 5.11 Å². The molecule has 0 aliphatic carbocycles. The first kappa shape index (κ1) is 25.4. The minimum Gasteiger partial charge on any atom is -0.491 e. The largest absolute Gasteiger partial charge is 0.491 e. The number of hydrogen-bond donors (Lipinski definition) is 2. The van der Waals surface area contributed by atoms with Crippen molar-refractivity contribution in [3.8, 4) is 5.75 Å². The maximum absolute atomic E-state index is 10.3. The average molecular weight is 409 g/mol. The summed E-state index contributed by atoms with van der Waals surface area (Å²) >= 11 is 0. The fraction of sp³-hybridized carbons (Fsp3) is 0.684. The maximum atomic E-state index is 10.3. The molecule has 1 saturated heterocycles. The Morgan fingerprint density at radius 1 is 1.04 bits per heavy atom. The van der Waals surface area contributed by atoms with Crippen LogP contribution in [-0.2, 0) is 5.41 Å². The first-order valence-electron chi connectivity index (χ1n) is 8.86. The number of hydrogen-bond acceptors (Lipinski definition) is 5. The molecule has 0 radical (unpaired) electrons. The van der Waals surface area contributed by atoms with Crippen molar-refractivity contribution in [1.29, 1.82) is 0 Å². The number of ether oxygens (including phenoxy) is 1. The van der Waals surface area contributed by atoms with Gasteiger partial charge in [0.2, 0.25) is 0 Å². The highest BCUT2D eigenvalue weighted by Gasteiger charge is 2.21. The lowest BCUT2D eigenvalue weighted by Gasteiger charge is -2.35. The highest BCUT2D eigenvalue weighted by atomic mass is 35.5. The topological polar surface area (TPSA) is 56.2 Å². The first-order valence-corrected chi connectivity index (χ1v) is 8.86. The van der Waals surface area contributed by atoms with Gasteiger partial charge in [-0.1, -0.05) is 39.0 Å². The SMILES string of the molecule is CC(C)(C)c1ccccc1OCC(O)CN1CCN(CCO)CC1.Cl.Cl. The number of β-amino-alcohol motifs (C(OH)–C–C–N with tert-alkyl or cyclic N) is 2. The van der Waals surface area contributed by atoms with Crippen molar-refractivity contribution in [1.82, 2.24) is 9.80 Å². The molecular formula is C19H34Cl2N2O3. The molecule has 0 aromatic heterocycles. The predicted octanol–water partition coefficient (Wildman–Crippen LogP) is 2.18. The molecule has 1 aromatic rings. The van der Waals surface area contributed by atoms with Crippen LogP contribution in [0.1, 0.15) is 26.3 Å². The predicted molar refractivity (Wildman–Crippen MR) is 111 cm³/mol. The summed E-state index contributed by atoms with van der Waals surface area (Å²) in [4.78, 5) is 4.51. The van der Waals surface area contributed by atoms with Gasteiger partial charge in [0.15, 0.2) is 0 Å². The van der Waals surface area contributed by atoms with E-state index < -0.39 is 6.10 Å². The third-order valence-corrected chi connectivity index (χ3v) is 4.48. The molecule has 1 aliphatic heterocycles. The summed E-state index contributed by atoms with van der Waals surface area (Å²) in [5.41, 5.74) is 1.18. The van der Waals surface area contributed by atoms with Gasteiger partial charge in [-0.05, 0) is 17.0 Å². The molecule has 7 heteroatoms. The molecule has 1 fully saturated rings. The second-order valence-corrected chi connectivity index (χ2v) is 7.58. The minimum absolute atomic E-state index is 0. The Morgan fingerprint density at radius 2 is 1.62 bits per heavy atom. The third-order valence-electron chi connectivity index (χ3n) is 4.48. The molecule has 26 heavy (non-hydrogen) atoms. The first-order chi connectivity index (χ1) is 11.4. The maximum Gasteiger partial charge on any atom is 0.123 e. The summed E-state index contributed by atoms with van der Waals surface area (Å²) < 4.78 is 5.91. The summed E-state index contributed by atoms with van der Waals surface area (Å²) in [5, 5.41) is 19.3. The Labute approximate surface area is 170 Å². The molecule has 2 N–H and O–H groups in total. The molecular weight excluding hydrogens is 375 g/mol. The molecule has 152 valence electrons. The normalized spacial score (nSPS) is 17.1. The standard InChI is InChI=1S/C19H32N2O3.2ClH/c1-19(2,3)17-6-4-5-7-18(17)24-15-16(23)14-21-10-8-20(9-11-21)12-13-22;;/h4-7,16,22-23H,8-15H2,1-3H3;2*1H. The molecule has 0 amide bonds. The molecule has 1 aromatic carbocycles. The minimum atomic E-state index is -0.498. The number of nitrogens with zero attached hydrogens (tertiary/aromatic N) is 2. The van der Waals surface area contributed by atoms with Crippen LogP contribution in [0.2, 0.25) is 0 Å². The zero-order chi connectivity index (χ0) is 17.6. The van der Waals surface area contributed by atoms with Crippen molar-refractivity contribution >= 4 is 24.8 Å². The van der Waals surface area contributed by atoms with E-state index in [1.54, 1.807) is 0 Å². The van der Waals surface area contributed by atoms with Crippen LogP contribution in [-0.4, -0.2) is 78.6 Å². The van der Waals surface area contributed by atoms with Crippen LogP contribution in [0.4, 0.5) is 0 Å². The number of aliphatic hydroxyl groups is 2. The number of halogens is 2. The van der Waals surface area contributed by atoms with Crippen molar-refractivity contribution in [2.75, 3.05) is 52.5 Å². The van der Waals surface area contributed by atoms with Crippen LogP contribution in [0.15, 0.2) is 24.3 Å². The summed E-state index contributed by atoms with van der Waals surface area (Å²) in [5.74, 6) is 0.858. The second kappa shape index (κ2) is 12.0. The lowest BCUT2D eigenvalue weighted by atomic mass is 9.86. The lowest BCUT2D eigenvalue weighted by Crippen LogP contribution is -2.49. The van der Waals surface area contributed by atoms with Crippen LogP contribution in [0.5, 0.6) is 5.75 Å². The van der Waals surface area contributed by atoms with Gasteiger partial charge in [-0.3, -0.25) is 9.80 Å². The Kier molecular flexibility index (Phi) is 11.7. The lowest BCUT2D eigenvalue weighted by molar-refractivity contribution is 0.0424. The van der Waals surface area contributed by atoms with E-state index >= 15 is 0 Å². The van der Waals surface area contributed by atoms with Crippen LogP contribution in [0.25, 0.3) is 0 Å². The van der Waals surface area contributed by atoms with E-state index in [0.717, 1.165) is 44.0 Å². The van der Waals surface area contributed by atoms with Crippen molar-refractivity contribution in [2.24, 2.45) is 0 Å². The molecule has 5 nitrogen and oxygen atoms in total. The third kappa shape index (κ3) is 7.99. The second-order valence-electron chi connectivity index (χ2n) is 7.58. The molecule has 1 unspecified atom stereocenters. The molecule has 0 saturated carbocycles. The van der Waals surface area contributed by atoms with Crippen molar-refractivity contribution in [3.63, 3.8) is 0 Å². The van der Waals surface area contributed by atoms with E-state index in [0.29, 0.717) is 13.2 Å². The summed E-state index contributed by atoms with van der Waals surface area (Å²) in [6.45, 7) is 12.1. The van der Waals surface area contributed by atoms with Gasteiger partial charge in [-0.2, -0.15) is 0 Å². The number of benzene rings is 1. The van der Waals surface area contributed by atoms with Crippen molar-refractivity contribution < 1.29 is 14.9 Å². The van der Waals surface area contributed by atoms with Gasteiger partial charge >= 0.3 is 0 Å². The van der Waals surface area contributed by atoms with Gasteiger partial charge in [0.25, 0.3) is 0 Å². The molecule has 1 heterocycles. The molecule has 1 atom stereocenters. The number of para-hydroxylation sites is 1. The van der Waals surface area contributed by atoms with Crippen molar-refractivity contribution in [2.45, 2.75) is 32.3 Å². The molecule has 0 bridgehead atoms. The van der Waals surface area contributed by atoms with Gasteiger partial charge < -0.3 is 14.9 Å². The Morgan fingerprint density at radius 3 is 2.19 bits per heavy atom. The monoisotopic (exact) mass is 408 g/mol. The zero-order valence-electron chi connectivity index (χ0n) is 16.1. The molecule has 1 aliphatic rings. The van der Waals surface area contributed by atoms with Gasteiger partial charge in [-0.15, -0.1) is 24.8 Å². The van der Waals surface area contributed by atoms with E-state index in [4.69, 9.17) is 9.84 Å². The Hall–Kier alpha value is -0.560. The Balaban J connectivity index is 0.00000312. The molecule has 2 rings (SSSR count). The van der Waals surface area contributed by atoms with Gasteiger partial charge in [0.05, 0.1) is 6.61 Å². The number of rotatable bonds is 7. The fourth-order valence-corrected chi connectivity index (χ4v) is 3.09. The number of piperazine rings is 1. The van der Waals surface area contributed by atoms with E-state index in [1.807, 2.05) is 18.2 Å².